The Morgan fingerprint density at radius 3 is 2.70 bits per heavy atom. The molecule has 100 valence electrons. The van der Waals surface area contributed by atoms with Crippen LogP contribution in [0.25, 0.3) is 10.9 Å². The number of nitrogens with zero attached hydrogens (tertiary/aromatic N) is 1. The Balaban J connectivity index is 2.01. The number of para-hydroxylation sites is 1. The number of nitrogens with two attached hydrogens (primary N) is 1. The van der Waals surface area contributed by atoms with Gasteiger partial charge < -0.3 is 10.5 Å². The standard InChI is InChI=1S/C17H16N2O/c1-2-12-7-8-17(14(18)11-12)20-16-9-10-19-15-6-4-3-5-13(15)16/h3-11H,2,18H2,1H3. The summed E-state index contributed by atoms with van der Waals surface area (Å²) < 4.78 is 5.96. The Kier molecular flexibility index (Phi) is 3.25. The molecule has 0 atom stereocenters. The number of pyridine rings is 1. The summed E-state index contributed by atoms with van der Waals surface area (Å²) in [5.74, 6) is 1.45. The predicted octanol–water partition coefficient (Wildman–Crippen LogP) is 4.17. The number of fused-ring (bicyclic) bond motifs is 1. The van der Waals surface area contributed by atoms with Crippen molar-refractivity contribution in [3.63, 3.8) is 0 Å². The van der Waals surface area contributed by atoms with Crippen molar-refractivity contribution in [2.75, 3.05) is 5.73 Å². The van der Waals surface area contributed by atoms with Gasteiger partial charge in [0.05, 0.1) is 11.2 Å². The molecule has 0 aliphatic heterocycles. The van der Waals surface area contributed by atoms with E-state index >= 15 is 0 Å². The summed E-state index contributed by atoms with van der Waals surface area (Å²) >= 11 is 0. The first-order chi connectivity index (χ1) is 9.78. The fourth-order valence-corrected chi connectivity index (χ4v) is 2.19. The van der Waals surface area contributed by atoms with Crippen LogP contribution in [0.1, 0.15) is 12.5 Å². The Morgan fingerprint density at radius 2 is 1.90 bits per heavy atom. The van der Waals surface area contributed by atoms with E-state index in [2.05, 4.69) is 11.9 Å². The molecule has 1 aromatic heterocycles. The Bertz CT molecular complexity index is 748. The summed E-state index contributed by atoms with van der Waals surface area (Å²) in [5, 5.41) is 0.981. The van der Waals surface area contributed by atoms with E-state index < -0.39 is 0 Å². The number of hydrogen-bond donors (Lipinski definition) is 1. The summed E-state index contributed by atoms with van der Waals surface area (Å²) in [6, 6.07) is 15.7. The molecule has 0 radical (unpaired) electrons. The summed E-state index contributed by atoms with van der Waals surface area (Å²) in [5.41, 5.74) is 8.82. The van der Waals surface area contributed by atoms with Crippen molar-refractivity contribution in [2.24, 2.45) is 0 Å². The topological polar surface area (TPSA) is 48.1 Å². The van der Waals surface area contributed by atoms with Gasteiger partial charge in [-0.05, 0) is 42.3 Å². The first-order valence-electron chi connectivity index (χ1n) is 6.68. The van der Waals surface area contributed by atoms with Crippen LogP contribution in [0, 0.1) is 0 Å². The molecule has 0 saturated carbocycles. The van der Waals surface area contributed by atoms with Crippen molar-refractivity contribution in [1.82, 2.24) is 4.98 Å². The highest BCUT2D eigenvalue weighted by molar-refractivity contribution is 5.85. The van der Waals surface area contributed by atoms with Gasteiger partial charge in [0.15, 0.2) is 0 Å². The van der Waals surface area contributed by atoms with Crippen molar-refractivity contribution in [2.45, 2.75) is 13.3 Å². The third-order valence-corrected chi connectivity index (χ3v) is 3.31. The number of rotatable bonds is 3. The minimum atomic E-state index is 0.658. The lowest BCUT2D eigenvalue weighted by molar-refractivity contribution is 0.490. The van der Waals surface area contributed by atoms with Gasteiger partial charge in [0.2, 0.25) is 0 Å². The van der Waals surface area contributed by atoms with E-state index in [4.69, 9.17) is 10.5 Å². The fraction of sp³-hybridized carbons (Fsp3) is 0.118. The Morgan fingerprint density at radius 1 is 1.05 bits per heavy atom. The molecule has 0 bridgehead atoms. The van der Waals surface area contributed by atoms with Crippen LogP contribution >= 0.6 is 0 Å². The highest BCUT2D eigenvalue weighted by Gasteiger charge is 2.06. The molecule has 0 unspecified atom stereocenters. The molecule has 0 aliphatic carbocycles. The Hall–Kier alpha value is -2.55. The molecular formula is C17H16N2O. The average Bonchev–Trinajstić information content (AvgIpc) is 2.49. The van der Waals surface area contributed by atoms with Crippen molar-refractivity contribution < 1.29 is 4.74 Å². The van der Waals surface area contributed by atoms with Gasteiger partial charge in [-0.2, -0.15) is 0 Å². The van der Waals surface area contributed by atoms with Crippen LogP contribution in [-0.4, -0.2) is 4.98 Å². The summed E-state index contributed by atoms with van der Waals surface area (Å²) in [6.07, 6.45) is 2.71. The van der Waals surface area contributed by atoms with E-state index in [0.29, 0.717) is 11.4 Å². The number of nitrogen functional groups attached to an aromatic ring is 1. The SMILES string of the molecule is CCc1ccc(Oc2ccnc3ccccc23)c(N)c1. The molecule has 3 heteroatoms. The van der Waals surface area contributed by atoms with E-state index in [0.717, 1.165) is 23.1 Å². The normalized spacial score (nSPS) is 10.7. The van der Waals surface area contributed by atoms with Crippen LogP contribution in [0.4, 0.5) is 5.69 Å². The van der Waals surface area contributed by atoms with Crippen LogP contribution in [0.15, 0.2) is 54.7 Å². The molecule has 2 aromatic carbocycles. The lowest BCUT2D eigenvalue weighted by atomic mass is 10.1. The molecule has 2 N–H and O–H groups in total. The van der Waals surface area contributed by atoms with Crippen LogP contribution < -0.4 is 10.5 Å². The molecule has 0 aliphatic rings. The molecule has 0 fully saturated rings. The van der Waals surface area contributed by atoms with Gasteiger partial charge in [-0.3, -0.25) is 4.98 Å². The van der Waals surface area contributed by atoms with E-state index in [1.807, 2.05) is 48.5 Å². The van der Waals surface area contributed by atoms with Crippen LogP contribution in [0.2, 0.25) is 0 Å². The molecule has 3 rings (SSSR count). The van der Waals surface area contributed by atoms with E-state index in [-0.39, 0.29) is 0 Å². The number of hydrogen-bond acceptors (Lipinski definition) is 3. The zero-order valence-corrected chi connectivity index (χ0v) is 11.3. The maximum absolute atomic E-state index is 6.05. The third-order valence-electron chi connectivity index (χ3n) is 3.31. The molecule has 3 nitrogen and oxygen atoms in total. The van der Waals surface area contributed by atoms with Crippen LogP contribution in [-0.2, 0) is 6.42 Å². The highest BCUT2D eigenvalue weighted by Crippen LogP contribution is 2.32. The number of anilines is 1. The Labute approximate surface area is 118 Å². The lowest BCUT2D eigenvalue weighted by Crippen LogP contribution is -1.94. The van der Waals surface area contributed by atoms with E-state index in [1.165, 1.54) is 5.56 Å². The second kappa shape index (κ2) is 5.21. The van der Waals surface area contributed by atoms with E-state index in [9.17, 15) is 0 Å². The first kappa shape index (κ1) is 12.5. The van der Waals surface area contributed by atoms with Crippen molar-refractivity contribution in [1.29, 1.82) is 0 Å². The molecule has 0 saturated heterocycles. The quantitative estimate of drug-likeness (QED) is 0.722. The molecule has 20 heavy (non-hydrogen) atoms. The third kappa shape index (κ3) is 2.30. The lowest BCUT2D eigenvalue weighted by Gasteiger charge is -2.11. The van der Waals surface area contributed by atoms with Crippen molar-refractivity contribution >= 4 is 16.6 Å². The van der Waals surface area contributed by atoms with Gasteiger partial charge in [0.25, 0.3) is 0 Å². The largest absolute Gasteiger partial charge is 0.454 e. The number of ether oxygens (including phenoxy) is 1. The summed E-state index contributed by atoms with van der Waals surface area (Å²) in [6.45, 7) is 2.10. The molecule has 3 aromatic rings. The minimum absolute atomic E-state index is 0.658. The second-order valence-electron chi connectivity index (χ2n) is 4.65. The van der Waals surface area contributed by atoms with Crippen molar-refractivity contribution in [3.8, 4) is 11.5 Å². The van der Waals surface area contributed by atoms with Gasteiger partial charge >= 0.3 is 0 Å². The molecule has 0 amide bonds. The first-order valence-corrected chi connectivity index (χ1v) is 6.68. The van der Waals surface area contributed by atoms with Gasteiger partial charge in [-0.25, -0.2) is 0 Å². The van der Waals surface area contributed by atoms with Gasteiger partial charge in [0, 0.05) is 11.6 Å². The van der Waals surface area contributed by atoms with Crippen LogP contribution in [0.3, 0.4) is 0 Å². The second-order valence-corrected chi connectivity index (χ2v) is 4.65. The molecule has 1 heterocycles. The zero-order valence-electron chi connectivity index (χ0n) is 11.3. The molecule has 0 spiro atoms. The van der Waals surface area contributed by atoms with Gasteiger partial charge in [0.1, 0.15) is 11.5 Å². The van der Waals surface area contributed by atoms with Crippen LogP contribution in [0.5, 0.6) is 11.5 Å². The minimum Gasteiger partial charge on any atom is -0.454 e. The fourth-order valence-electron chi connectivity index (χ4n) is 2.19. The highest BCUT2D eigenvalue weighted by atomic mass is 16.5. The van der Waals surface area contributed by atoms with Crippen molar-refractivity contribution in [3.05, 3.63) is 60.3 Å². The number of aryl methyl sites for hydroxylation is 1. The molecular weight excluding hydrogens is 248 g/mol. The number of aromatic nitrogens is 1. The van der Waals surface area contributed by atoms with E-state index in [1.54, 1.807) is 6.20 Å². The summed E-state index contributed by atoms with van der Waals surface area (Å²) in [7, 11) is 0. The van der Waals surface area contributed by atoms with Gasteiger partial charge in [-0.15, -0.1) is 0 Å². The maximum atomic E-state index is 6.05. The van der Waals surface area contributed by atoms with Gasteiger partial charge in [-0.1, -0.05) is 25.1 Å². The smallest absolute Gasteiger partial charge is 0.150 e. The number of benzene rings is 2. The average molecular weight is 264 g/mol. The predicted molar refractivity (Wildman–Crippen MR) is 82.0 cm³/mol. The zero-order chi connectivity index (χ0) is 13.9. The summed E-state index contributed by atoms with van der Waals surface area (Å²) in [4.78, 5) is 4.32. The monoisotopic (exact) mass is 264 g/mol. The maximum Gasteiger partial charge on any atom is 0.150 e.